The highest BCUT2D eigenvalue weighted by atomic mass is 32.2. The molecule has 0 radical (unpaired) electrons. The molecule has 20 heavy (non-hydrogen) atoms. The van der Waals surface area contributed by atoms with E-state index in [0.29, 0.717) is 12.3 Å². The first-order chi connectivity index (χ1) is 9.70. The molecule has 5 heteroatoms. The molecule has 0 spiro atoms. The Morgan fingerprint density at radius 1 is 1.35 bits per heavy atom. The first-order valence-corrected chi connectivity index (χ1v) is 7.87. The Bertz CT molecular complexity index is 553. The fourth-order valence-electron chi connectivity index (χ4n) is 1.95. The topological polar surface area (TPSA) is 38.1 Å². The molecule has 0 aliphatic rings. The minimum atomic E-state index is 0.131. The quantitative estimate of drug-likeness (QED) is 0.818. The minimum absolute atomic E-state index is 0.131. The monoisotopic (exact) mass is 289 g/mol. The van der Waals surface area contributed by atoms with Crippen LogP contribution in [0.5, 0.6) is 0 Å². The van der Waals surface area contributed by atoms with Gasteiger partial charge in [0.1, 0.15) is 5.82 Å². The van der Waals surface area contributed by atoms with Crippen LogP contribution in [0, 0.1) is 0 Å². The van der Waals surface area contributed by atoms with E-state index >= 15 is 0 Å². The Labute approximate surface area is 123 Å². The van der Waals surface area contributed by atoms with Gasteiger partial charge in [0.05, 0.1) is 12.3 Å². The summed E-state index contributed by atoms with van der Waals surface area (Å²) < 4.78 is 2.08. The molecule has 1 heterocycles. The maximum absolute atomic E-state index is 11.8. The van der Waals surface area contributed by atoms with Crippen molar-refractivity contribution in [2.24, 2.45) is 0 Å². The number of rotatable bonds is 6. The number of hydrogen-bond acceptors (Lipinski definition) is 3. The average Bonchev–Trinajstić information content (AvgIpc) is 2.87. The Hall–Kier alpha value is -1.75. The molecule has 0 N–H and O–H groups in total. The van der Waals surface area contributed by atoms with Gasteiger partial charge in [0.15, 0.2) is 0 Å². The van der Waals surface area contributed by atoms with Crippen LogP contribution in [0.25, 0.3) is 0 Å². The summed E-state index contributed by atoms with van der Waals surface area (Å²) in [6, 6.07) is 10.2. The van der Waals surface area contributed by atoms with Crippen LogP contribution in [-0.2, 0) is 17.9 Å². The molecule has 1 aromatic carbocycles. The van der Waals surface area contributed by atoms with Crippen LogP contribution in [0.15, 0.2) is 42.7 Å². The summed E-state index contributed by atoms with van der Waals surface area (Å²) in [5.41, 5.74) is 1.23. The van der Waals surface area contributed by atoms with Crippen molar-refractivity contribution < 1.29 is 4.79 Å². The largest absolute Gasteiger partial charge is 0.338 e. The van der Waals surface area contributed by atoms with Crippen LogP contribution in [0.3, 0.4) is 0 Å². The van der Waals surface area contributed by atoms with Gasteiger partial charge < -0.3 is 9.47 Å². The van der Waals surface area contributed by atoms with Crippen LogP contribution in [-0.4, -0.2) is 39.4 Å². The summed E-state index contributed by atoms with van der Waals surface area (Å²) in [6.45, 7) is 1.32. The fraction of sp³-hybridized carbons (Fsp3) is 0.333. The van der Waals surface area contributed by atoms with E-state index in [1.165, 1.54) is 17.3 Å². The second-order valence-electron chi connectivity index (χ2n) is 4.64. The van der Waals surface area contributed by atoms with Gasteiger partial charge in [-0.1, -0.05) is 30.3 Å². The lowest BCUT2D eigenvalue weighted by Crippen LogP contribution is -2.29. The Kier molecular flexibility index (Phi) is 5.24. The molecule has 0 saturated carbocycles. The van der Waals surface area contributed by atoms with Gasteiger partial charge >= 0.3 is 0 Å². The smallest absolute Gasteiger partial charge is 0.232 e. The van der Waals surface area contributed by atoms with Crippen molar-refractivity contribution in [2.75, 3.05) is 19.1 Å². The van der Waals surface area contributed by atoms with Crippen molar-refractivity contribution in [2.45, 2.75) is 13.1 Å². The van der Waals surface area contributed by atoms with E-state index in [-0.39, 0.29) is 5.91 Å². The number of nitrogens with zero attached hydrogens (tertiary/aromatic N) is 3. The third-order valence-electron chi connectivity index (χ3n) is 3.07. The van der Waals surface area contributed by atoms with E-state index in [1.54, 1.807) is 11.1 Å². The predicted molar refractivity (Wildman–Crippen MR) is 82.6 cm³/mol. The van der Waals surface area contributed by atoms with Crippen molar-refractivity contribution in [3.63, 3.8) is 0 Å². The van der Waals surface area contributed by atoms with Gasteiger partial charge in [-0.05, 0) is 11.8 Å². The first kappa shape index (κ1) is 14.7. The molecule has 1 amide bonds. The van der Waals surface area contributed by atoms with Crippen LogP contribution >= 0.6 is 11.8 Å². The molecular formula is C15H19N3OS. The summed E-state index contributed by atoms with van der Waals surface area (Å²) in [4.78, 5) is 17.9. The third kappa shape index (κ3) is 3.87. The Balaban J connectivity index is 2.03. The number of amides is 1. The van der Waals surface area contributed by atoms with E-state index < -0.39 is 0 Å². The van der Waals surface area contributed by atoms with E-state index in [4.69, 9.17) is 0 Å². The number of hydrogen-bond donors (Lipinski definition) is 0. The van der Waals surface area contributed by atoms with Crippen LogP contribution in [0.1, 0.15) is 11.4 Å². The lowest BCUT2D eigenvalue weighted by atomic mass is 10.2. The summed E-state index contributed by atoms with van der Waals surface area (Å²) in [5.74, 6) is 1.55. The number of carbonyl (C=O) groups is 1. The molecular weight excluding hydrogens is 270 g/mol. The van der Waals surface area contributed by atoms with Gasteiger partial charge in [0, 0.05) is 26.0 Å². The van der Waals surface area contributed by atoms with Crippen LogP contribution in [0.2, 0.25) is 0 Å². The maximum Gasteiger partial charge on any atom is 0.232 e. The lowest BCUT2D eigenvalue weighted by molar-refractivity contribution is -0.127. The fourth-order valence-corrected chi connectivity index (χ4v) is 2.42. The van der Waals surface area contributed by atoms with Gasteiger partial charge in [0.2, 0.25) is 5.91 Å². The van der Waals surface area contributed by atoms with Gasteiger partial charge in [-0.3, -0.25) is 4.79 Å². The van der Waals surface area contributed by atoms with Gasteiger partial charge in [-0.2, -0.15) is 11.8 Å². The van der Waals surface area contributed by atoms with Crippen molar-refractivity contribution in [3.8, 4) is 0 Å². The first-order valence-electron chi connectivity index (χ1n) is 6.47. The van der Waals surface area contributed by atoms with Crippen molar-refractivity contribution in [3.05, 3.63) is 54.1 Å². The van der Waals surface area contributed by atoms with Crippen LogP contribution < -0.4 is 0 Å². The second-order valence-corrected chi connectivity index (χ2v) is 5.51. The molecule has 1 aromatic heterocycles. The molecule has 0 fully saturated rings. The molecule has 2 aromatic rings. The zero-order chi connectivity index (χ0) is 14.4. The van der Waals surface area contributed by atoms with Gasteiger partial charge in [-0.25, -0.2) is 4.98 Å². The average molecular weight is 289 g/mol. The molecule has 0 unspecified atom stereocenters. The Morgan fingerprint density at radius 2 is 2.10 bits per heavy atom. The Morgan fingerprint density at radius 3 is 2.80 bits per heavy atom. The number of carbonyl (C=O) groups excluding carboxylic acids is 1. The molecule has 2 rings (SSSR count). The van der Waals surface area contributed by atoms with Crippen molar-refractivity contribution in [1.29, 1.82) is 0 Å². The summed E-state index contributed by atoms with van der Waals surface area (Å²) in [6.07, 6.45) is 5.67. The van der Waals surface area contributed by atoms with Gasteiger partial charge in [0.25, 0.3) is 0 Å². The summed E-state index contributed by atoms with van der Waals surface area (Å²) in [7, 11) is 1.82. The highest BCUT2D eigenvalue weighted by Crippen LogP contribution is 2.08. The molecule has 0 atom stereocenters. The predicted octanol–water partition coefficient (Wildman–Crippen LogP) is 2.25. The summed E-state index contributed by atoms with van der Waals surface area (Å²) in [5, 5.41) is 0. The molecule has 0 aliphatic heterocycles. The normalized spacial score (nSPS) is 10.5. The number of aromatic nitrogens is 2. The maximum atomic E-state index is 11.8. The van der Waals surface area contributed by atoms with E-state index in [9.17, 15) is 4.79 Å². The number of thioether (sulfide) groups is 1. The zero-order valence-corrected chi connectivity index (χ0v) is 12.6. The second kappa shape index (κ2) is 7.14. The van der Waals surface area contributed by atoms with Crippen molar-refractivity contribution in [1.82, 2.24) is 14.5 Å². The van der Waals surface area contributed by atoms with Gasteiger partial charge in [-0.15, -0.1) is 0 Å². The summed E-state index contributed by atoms with van der Waals surface area (Å²) >= 11 is 1.54. The number of benzene rings is 1. The van der Waals surface area contributed by atoms with E-state index in [1.807, 2.05) is 37.7 Å². The van der Waals surface area contributed by atoms with E-state index in [2.05, 4.69) is 21.7 Å². The molecule has 0 saturated heterocycles. The standard InChI is InChI=1S/C15H19N3OS/c1-17(15(19)12-20-2)11-14-16-8-9-18(14)10-13-6-4-3-5-7-13/h3-9H,10-12H2,1-2H3. The SMILES string of the molecule is CSCC(=O)N(C)Cc1nccn1Cc1ccccc1. The lowest BCUT2D eigenvalue weighted by Gasteiger charge is -2.17. The zero-order valence-electron chi connectivity index (χ0n) is 11.8. The number of imidazole rings is 1. The van der Waals surface area contributed by atoms with E-state index in [0.717, 1.165) is 12.4 Å². The molecule has 0 bridgehead atoms. The van der Waals surface area contributed by atoms with Crippen molar-refractivity contribution >= 4 is 17.7 Å². The highest BCUT2D eigenvalue weighted by Gasteiger charge is 2.11. The third-order valence-corrected chi connectivity index (χ3v) is 3.61. The molecule has 4 nitrogen and oxygen atoms in total. The minimum Gasteiger partial charge on any atom is -0.338 e. The molecule has 106 valence electrons. The highest BCUT2D eigenvalue weighted by molar-refractivity contribution is 7.99. The van der Waals surface area contributed by atoms with Crippen LogP contribution in [0.4, 0.5) is 0 Å². The molecule has 0 aliphatic carbocycles.